The minimum atomic E-state index is -0.536. The van der Waals surface area contributed by atoms with E-state index < -0.39 is 5.41 Å². The van der Waals surface area contributed by atoms with Gasteiger partial charge >= 0.3 is 0 Å². The lowest BCUT2D eigenvalue weighted by Crippen LogP contribution is -2.42. The van der Waals surface area contributed by atoms with E-state index in [1.54, 1.807) is 13.3 Å². The molecule has 0 spiro atoms. The number of anilines is 1. The zero-order chi connectivity index (χ0) is 21.8. The Morgan fingerprint density at radius 1 is 1.03 bits per heavy atom. The summed E-state index contributed by atoms with van der Waals surface area (Å²) in [6, 6.07) is 15.6. The number of hydrogen-bond donors (Lipinski definition) is 1. The summed E-state index contributed by atoms with van der Waals surface area (Å²) in [4.78, 5) is 18.3. The number of fused-ring (bicyclic) bond motifs is 1. The van der Waals surface area contributed by atoms with Crippen LogP contribution in [0, 0.1) is 0 Å². The molecule has 3 aromatic rings. The monoisotopic (exact) mass is 418 g/mol. The second-order valence-corrected chi connectivity index (χ2v) is 8.50. The molecule has 0 unspecified atom stereocenters. The molecule has 1 saturated carbocycles. The Bertz CT molecular complexity index is 1050. The van der Waals surface area contributed by atoms with Crippen molar-refractivity contribution < 1.29 is 14.3 Å². The standard InChI is InChI=1S/C26H30N2O3/c1-18(2)31-23-14-13-22(21-8-7-17-27-24(21)23)28-25(29)26(15-5-4-6-16-26)19-9-11-20(30-3)12-10-19/h7-14,17-18H,4-6,15-16H2,1-3H3,(H,28,29). The summed E-state index contributed by atoms with van der Waals surface area (Å²) in [5.41, 5.74) is 2.04. The number of rotatable bonds is 6. The molecular weight excluding hydrogens is 388 g/mol. The number of carbonyl (C=O) groups is 1. The van der Waals surface area contributed by atoms with Crippen molar-refractivity contribution in [2.24, 2.45) is 0 Å². The molecule has 1 aliphatic carbocycles. The van der Waals surface area contributed by atoms with Crippen molar-refractivity contribution in [2.75, 3.05) is 12.4 Å². The smallest absolute Gasteiger partial charge is 0.235 e. The van der Waals surface area contributed by atoms with Crippen LogP contribution in [0.2, 0.25) is 0 Å². The average molecular weight is 419 g/mol. The van der Waals surface area contributed by atoms with E-state index in [9.17, 15) is 4.79 Å². The zero-order valence-corrected chi connectivity index (χ0v) is 18.5. The fourth-order valence-electron chi connectivity index (χ4n) is 4.56. The molecule has 0 radical (unpaired) electrons. The molecular formula is C26H30N2O3. The topological polar surface area (TPSA) is 60.5 Å². The predicted octanol–water partition coefficient (Wildman–Crippen LogP) is 5.87. The van der Waals surface area contributed by atoms with Crippen LogP contribution in [0.3, 0.4) is 0 Å². The quantitative estimate of drug-likeness (QED) is 0.544. The Labute approximate surface area is 183 Å². The summed E-state index contributed by atoms with van der Waals surface area (Å²) >= 11 is 0. The minimum absolute atomic E-state index is 0.0417. The highest BCUT2D eigenvalue weighted by atomic mass is 16.5. The summed E-state index contributed by atoms with van der Waals surface area (Å²) < 4.78 is 11.2. The second kappa shape index (κ2) is 8.96. The average Bonchev–Trinajstić information content (AvgIpc) is 2.81. The summed E-state index contributed by atoms with van der Waals surface area (Å²) in [6.07, 6.45) is 6.74. The van der Waals surface area contributed by atoms with Crippen molar-refractivity contribution in [2.45, 2.75) is 57.5 Å². The van der Waals surface area contributed by atoms with Crippen molar-refractivity contribution in [1.82, 2.24) is 4.98 Å². The highest BCUT2D eigenvalue weighted by molar-refractivity contribution is 6.06. The minimum Gasteiger partial charge on any atom is -0.497 e. The largest absolute Gasteiger partial charge is 0.497 e. The van der Waals surface area contributed by atoms with Crippen LogP contribution in [0.25, 0.3) is 10.9 Å². The van der Waals surface area contributed by atoms with Gasteiger partial charge in [-0.15, -0.1) is 0 Å². The number of methoxy groups -OCH3 is 1. The summed E-state index contributed by atoms with van der Waals surface area (Å²) in [6.45, 7) is 3.98. The molecule has 1 aliphatic rings. The van der Waals surface area contributed by atoms with Gasteiger partial charge in [-0.1, -0.05) is 31.4 Å². The van der Waals surface area contributed by atoms with Crippen LogP contribution in [0.15, 0.2) is 54.7 Å². The maximum atomic E-state index is 13.8. The maximum Gasteiger partial charge on any atom is 0.235 e. The lowest BCUT2D eigenvalue weighted by molar-refractivity contribution is -0.122. The first kappa shape index (κ1) is 21.2. The fraction of sp³-hybridized carbons (Fsp3) is 0.385. The third-order valence-electron chi connectivity index (χ3n) is 6.13. The molecule has 1 fully saturated rings. The van der Waals surface area contributed by atoms with Gasteiger partial charge in [-0.2, -0.15) is 0 Å². The number of nitrogens with one attached hydrogen (secondary N) is 1. The Balaban J connectivity index is 1.70. The van der Waals surface area contributed by atoms with Crippen molar-refractivity contribution in [3.8, 4) is 11.5 Å². The second-order valence-electron chi connectivity index (χ2n) is 8.50. The van der Waals surface area contributed by atoms with Gasteiger partial charge in [0.25, 0.3) is 0 Å². The molecule has 5 heteroatoms. The molecule has 1 aromatic heterocycles. The number of ether oxygens (including phenoxy) is 2. The number of aromatic nitrogens is 1. The Hall–Kier alpha value is -3.08. The normalized spacial score (nSPS) is 15.6. The highest BCUT2D eigenvalue weighted by Crippen LogP contribution is 2.42. The highest BCUT2D eigenvalue weighted by Gasteiger charge is 2.41. The number of carbonyl (C=O) groups excluding carboxylic acids is 1. The number of benzene rings is 2. The van der Waals surface area contributed by atoms with Crippen LogP contribution in [0.1, 0.15) is 51.5 Å². The Morgan fingerprint density at radius 3 is 2.45 bits per heavy atom. The van der Waals surface area contributed by atoms with Gasteiger partial charge in [0.1, 0.15) is 17.0 Å². The molecule has 0 bridgehead atoms. The van der Waals surface area contributed by atoms with E-state index in [0.717, 1.165) is 59.3 Å². The van der Waals surface area contributed by atoms with Gasteiger partial charge in [0.15, 0.2) is 0 Å². The molecule has 4 rings (SSSR count). The van der Waals surface area contributed by atoms with E-state index in [4.69, 9.17) is 9.47 Å². The number of nitrogens with zero attached hydrogens (tertiary/aromatic N) is 1. The van der Waals surface area contributed by atoms with Crippen LogP contribution in [0.5, 0.6) is 11.5 Å². The van der Waals surface area contributed by atoms with Gasteiger partial charge < -0.3 is 14.8 Å². The lowest BCUT2D eigenvalue weighted by atomic mass is 9.68. The molecule has 0 saturated heterocycles. The molecule has 1 heterocycles. The van der Waals surface area contributed by atoms with Crippen LogP contribution >= 0.6 is 0 Å². The van der Waals surface area contributed by atoms with Gasteiger partial charge in [-0.05, 0) is 68.7 Å². The van der Waals surface area contributed by atoms with Crippen molar-refractivity contribution in [1.29, 1.82) is 0 Å². The Kier molecular flexibility index (Phi) is 6.12. The van der Waals surface area contributed by atoms with Crippen LogP contribution in [-0.4, -0.2) is 24.1 Å². The molecule has 0 atom stereocenters. The molecule has 2 aromatic carbocycles. The van der Waals surface area contributed by atoms with Crippen LogP contribution in [-0.2, 0) is 10.2 Å². The third kappa shape index (κ3) is 4.22. The van der Waals surface area contributed by atoms with Crippen molar-refractivity contribution >= 4 is 22.5 Å². The van der Waals surface area contributed by atoms with E-state index in [1.807, 2.05) is 62.4 Å². The maximum absolute atomic E-state index is 13.8. The first-order valence-corrected chi connectivity index (χ1v) is 11.0. The van der Waals surface area contributed by atoms with Gasteiger partial charge in [0.05, 0.1) is 24.3 Å². The van der Waals surface area contributed by atoms with Crippen molar-refractivity contribution in [3.63, 3.8) is 0 Å². The summed E-state index contributed by atoms with van der Waals surface area (Å²) in [5.74, 6) is 1.57. The summed E-state index contributed by atoms with van der Waals surface area (Å²) in [7, 11) is 1.66. The van der Waals surface area contributed by atoms with Crippen LogP contribution in [0.4, 0.5) is 5.69 Å². The number of pyridine rings is 1. The van der Waals surface area contributed by atoms with E-state index in [0.29, 0.717) is 0 Å². The molecule has 1 amide bonds. The predicted molar refractivity (Wildman–Crippen MR) is 124 cm³/mol. The van der Waals surface area contributed by atoms with E-state index in [-0.39, 0.29) is 12.0 Å². The molecule has 162 valence electrons. The van der Waals surface area contributed by atoms with Gasteiger partial charge in [-0.3, -0.25) is 9.78 Å². The molecule has 31 heavy (non-hydrogen) atoms. The van der Waals surface area contributed by atoms with Crippen LogP contribution < -0.4 is 14.8 Å². The zero-order valence-electron chi connectivity index (χ0n) is 18.5. The van der Waals surface area contributed by atoms with Gasteiger partial charge in [0, 0.05) is 11.6 Å². The van der Waals surface area contributed by atoms with Crippen molar-refractivity contribution in [3.05, 3.63) is 60.3 Å². The summed E-state index contributed by atoms with van der Waals surface area (Å²) in [5, 5.41) is 4.12. The molecule has 0 aliphatic heterocycles. The van der Waals surface area contributed by atoms with E-state index in [2.05, 4.69) is 10.3 Å². The third-order valence-corrected chi connectivity index (χ3v) is 6.13. The van der Waals surface area contributed by atoms with Gasteiger partial charge in [-0.25, -0.2) is 0 Å². The SMILES string of the molecule is COc1ccc(C2(C(=O)Nc3ccc(OC(C)C)c4ncccc34)CCCCC2)cc1. The Morgan fingerprint density at radius 2 is 1.77 bits per heavy atom. The first-order chi connectivity index (χ1) is 15.0. The van der Waals surface area contributed by atoms with E-state index >= 15 is 0 Å². The first-order valence-electron chi connectivity index (χ1n) is 11.0. The van der Waals surface area contributed by atoms with Gasteiger partial charge in [0.2, 0.25) is 5.91 Å². The fourth-order valence-corrected chi connectivity index (χ4v) is 4.56. The lowest BCUT2D eigenvalue weighted by Gasteiger charge is -2.36. The van der Waals surface area contributed by atoms with E-state index in [1.165, 1.54) is 6.42 Å². The molecule has 5 nitrogen and oxygen atoms in total. The number of hydrogen-bond acceptors (Lipinski definition) is 4. The molecule has 1 N–H and O–H groups in total. The number of amides is 1.